The van der Waals surface area contributed by atoms with Crippen molar-refractivity contribution in [2.75, 3.05) is 39.3 Å². The van der Waals surface area contributed by atoms with Crippen LogP contribution in [0.1, 0.15) is 36.0 Å². The van der Waals surface area contributed by atoms with Gasteiger partial charge in [0, 0.05) is 62.1 Å². The Labute approximate surface area is 157 Å². The van der Waals surface area contributed by atoms with Crippen molar-refractivity contribution in [3.8, 4) is 0 Å². The van der Waals surface area contributed by atoms with Gasteiger partial charge in [0.2, 0.25) is 5.91 Å². The van der Waals surface area contributed by atoms with E-state index in [2.05, 4.69) is 31.1 Å². The molecule has 2 amide bonds. The maximum Gasteiger partial charge on any atom is 0.252 e. The van der Waals surface area contributed by atoms with Crippen LogP contribution in [-0.2, 0) is 4.79 Å². The van der Waals surface area contributed by atoms with Crippen LogP contribution in [0.2, 0.25) is 0 Å². The summed E-state index contributed by atoms with van der Waals surface area (Å²) < 4.78 is 0.795. The smallest absolute Gasteiger partial charge is 0.252 e. The van der Waals surface area contributed by atoms with Crippen LogP contribution >= 0.6 is 15.9 Å². The number of halogens is 1. The lowest BCUT2D eigenvalue weighted by atomic mass is 10.1. The molecule has 0 unspecified atom stereocenters. The average molecular weight is 409 g/mol. The Bertz CT molecular complexity index is 611. The number of nitrogens with one attached hydrogen (secondary N) is 1. The molecule has 1 saturated carbocycles. The zero-order valence-corrected chi connectivity index (χ0v) is 16.0. The molecule has 136 valence electrons. The molecule has 7 heteroatoms. The Morgan fingerprint density at radius 2 is 1.88 bits per heavy atom. The van der Waals surface area contributed by atoms with Gasteiger partial charge in [0.1, 0.15) is 0 Å². The summed E-state index contributed by atoms with van der Waals surface area (Å²) in [5, 5.41) is 2.93. The Kier molecular flexibility index (Phi) is 6.42. The molecular weight excluding hydrogens is 384 g/mol. The number of pyridine rings is 1. The lowest BCUT2D eigenvalue weighted by Crippen LogP contribution is -2.51. The molecule has 1 aromatic rings. The van der Waals surface area contributed by atoms with Crippen molar-refractivity contribution in [2.24, 2.45) is 5.92 Å². The highest BCUT2D eigenvalue weighted by molar-refractivity contribution is 9.10. The van der Waals surface area contributed by atoms with Gasteiger partial charge in [-0.25, -0.2) is 0 Å². The van der Waals surface area contributed by atoms with E-state index in [4.69, 9.17) is 0 Å². The highest BCUT2D eigenvalue weighted by atomic mass is 79.9. The molecule has 1 aromatic heterocycles. The first-order chi connectivity index (χ1) is 12.1. The third kappa shape index (κ3) is 5.01. The average Bonchev–Trinajstić information content (AvgIpc) is 3.16. The summed E-state index contributed by atoms with van der Waals surface area (Å²) in [6, 6.07) is 1.76. The van der Waals surface area contributed by atoms with Gasteiger partial charge >= 0.3 is 0 Å². The number of hydrogen-bond donors (Lipinski definition) is 1. The minimum absolute atomic E-state index is 0.108. The van der Waals surface area contributed by atoms with Crippen molar-refractivity contribution in [1.29, 1.82) is 0 Å². The van der Waals surface area contributed by atoms with E-state index in [-0.39, 0.29) is 11.8 Å². The van der Waals surface area contributed by atoms with Gasteiger partial charge in [0.15, 0.2) is 0 Å². The monoisotopic (exact) mass is 408 g/mol. The van der Waals surface area contributed by atoms with Gasteiger partial charge < -0.3 is 10.2 Å². The maximum atomic E-state index is 12.4. The molecule has 1 aliphatic carbocycles. The molecule has 1 aliphatic heterocycles. The first kappa shape index (κ1) is 18.3. The fraction of sp³-hybridized carbons (Fsp3) is 0.611. The van der Waals surface area contributed by atoms with Crippen molar-refractivity contribution in [3.63, 3.8) is 0 Å². The van der Waals surface area contributed by atoms with E-state index in [1.807, 2.05) is 4.90 Å². The third-order valence-corrected chi connectivity index (χ3v) is 5.50. The quantitative estimate of drug-likeness (QED) is 0.807. The summed E-state index contributed by atoms with van der Waals surface area (Å²) >= 11 is 3.32. The van der Waals surface area contributed by atoms with E-state index in [1.165, 1.54) is 12.8 Å². The largest absolute Gasteiger partial charge is 0.351 e. The molecule has 0 aromatic carbocycles. The zero-order valence-electron chi connectivity index (χ0n) is 14.4. The van der Waals surface area contributed by atoms with Crippen molar-refractivity contribution >= 4 is 27.7 Å². The standard InChI is InChI=1S/C18H25BrN4O2/c19-16-11-15(12-20-13-16)17(24)21-5-6-22-7-9-23(10-8-22)18(25)14-3-1-2-4-14/h11-14H,1-10H2,(H,21,24). The van der Waals surface area contributed by atoms with Gasteiger partial charge in [-0.05, 0) is 34.8 Å². The van der Waals surface area contributed by atoms with E-state index in [0.29, 0.717) is 18.0 Å². The van der Waals surface area contributed by atoms with Crippen LogP contribution in [0.15, 0.2) is 22.9 Å². The Balaban J connectivity index is 1.36. The number of carbonyl (C=O) groups excluding carboxylic acids is 2. The first-order valence-electron chi connectivity index (χ1n) is 9.03. The van der Waals surface area contributed by atoms with E-state index < -0.39 is 0 Å². The molecule has 0 spiro atoms. The Morgan fingerprint density at radius 1 is 1.16 bits per heavy atom. The number of piperazine rings is 1. The van der Waals surface area contributed by atoms with Gasteiger partial charge in [0.25, 0.3) is 5.91 Å². The van der Waals surface area contributed by atoms with Crippen molar-refractivity contribution in [1.82, 2.24) is 20.1 Å². The molecule has 2 heterocycles. The van der Waals surface area contributed by atoms with Crippen LogP contribution in [0.25, 0.3) is 0 Å². The van der Waals surface area contributed by atoms with Crippen LogP contribution < -0.4 is 5.32 Å². The molecule has 1 N–H and O–H groups in total. The van der Waals surface area contributed by atoms with Gasteiger partial charge in [-0.1, -0.05) is 12.8 Å². The number of hydrogen-bond acceptors (Lipinski definition) is 4. The fourth-order valence-corrected chi connectivity index (χ4v) is 3.95. The molecule has 2 aliphatic rings. The minimum atomic E-state index is -0.108. The van der Waals surface area contributed by atoms with Crippen LogP contribution in [0.4, 0.5) is 0 Å². The molecule has 6 nitrogen and oxygen atoms in total. The second kappa shape index (κ2) is 8.76. The summed E-state index contributed by atoms with van der Waals surface area (Å²) in [5.41, 5.74) is 0.557. The summed E-state index contributed by atoms with van der Waals surface area (Å²) in [6.45, 7) is 4.78. The number of carbonyl (C=O) groups is 2. The van der Waals surface area contributed by atoms with Gasteiger partial charge in [-0.3, -0.25) is 19.5 Å². The molecule has 0 atom stereocenters. The number of amides is 2. The van der Waals surface area contributed by atoms with Crippen molar-refractivity contribution in [3.05, 3.63) is 28.5 Å². The topological polar surface area (TPSA) is 65.5 Å². The molecule has 0 bridgehead atoms. The molecule has 3 rings (SSSR count). The number of rotatable bonds is 5. The molecule has 25 heavy (non-hydrogen) atoms. The van der Waals surface area contributed by atoms with Crippen LogP contribution in [0.3, 0.4) is 0 Å². The third-order valence-electron chi connectivity index (χ3n) is 5.07. The summed E-state index contributed by atoms with van der Waals surface area (Å²) in [5.74, 6) is 0.515. The predicted molar refractivity (Wildman–Crippen MR) is 99.2 cm³/mol. The first-order valence-corrected chi connectivity index (χ1v) is 9.82. The normalized spacial score (nSPS) is 19.2. The second-order valence-electron chi connectivity index (χ2n) is 6.80. The summed E-state index contributed by atoms with van der Waals surface area (Å²) in [7, 11) is 0. The SMILES string of the molecule is O=C(NCCN1CCN(C(=O)C2CCCC2)CC1)c1cncc(Br)c1. The van der Waals surface area contributed by atoms with Gasteiger partial charge in [-0.15, -0.1) is 0 Å². The van der Waals surface area contributed by atoms with E-state index >= 15 is 0 Å². The van der Waals surface area contributed by atoms with Crippen LogP contribution in [-0.4, -0.2) is 65.9 Å². The molecular formula is C18H25BrN4O2. The van der Waals surface area contributed by atoms with E-state index in [9.17, 15) is 9.59 Å². The van der Waals surface area contributed by atoms with Crippen LogP contribution in [0.5, 0.6) is 0 Å². The van der Waals surface area contributed by atoms with Crippen LogP contribution in [0, 0.1) is 5.92 Å². The van der Waals surface area contributed by atoms with Gasteiger partial charge in [0.05, 0.1) is 5.56 Å². The summed E-state index contributed by atoms with van der Waals surface area (Å²) in [6.07, 6.45) is 7.74. The second-order valence-corrected chi connectivity index (χ2v) is 7.71. The molecule has 0 radical (unpaired) electrons. The molecule has 2 fully saturated rings. The molecule has 1 saturated heterocycles. The van der Waals surface area contributed by atoms with Crippen molar-refractivity contribution in [2.45, 2.75) is 25.7 Å². The predicted octanol–water partition coefficient (Wildman–Crippen LogP) is 1.91. The van der Waals surface area contributed by atoms with E-state index in [1.54, 1.807) is 18.5 Å². The highest BCUT2D eigenvalue weighted by Gasteiger charge is 2.29. The van der Waals surface area contributed by atoms with E-state index in [0.717, 1.165) is 50.0 Å². The Hall–Kier alpha value is -1.47. The van der Waals surface area contributed by atoms with Gasteiger partial charge in [-0.2, -0.15) is 0 Å². The zero-order chi connectivity index (χ0) is 17.6. The minimum Gasteiger partial charge on any atom is -0.351 e. The lowest BCUT2D eigenvalue weighted by molar-refractivity contribution is -0.137. The number of nitrogens with zero attached hydrogens (tertiary/aromatic N) is 3. The lowest BCUT2D eigenvalue weighted by Gasteiger charge is -2.36. The highest BCUT2D eigenvalue weighted by Crippen LogP contribution is 2.26. The Morgan fingerprint density at radius 3 is 2.56 bits per heavy atom. The van der Waals surface area contributed by atoms with Crippen molar-refractivity contribution < 1.29 is 9.59 Å². The number of aromatic nitrogens is 1. The fourth-order valence-electron chi connectivity index (χ4n) is 3.59. The summed E-state index contributed by atoms with van der Waals surface area (Å²) in [4.78, 5) is 32.9. The maximum absolute atomic E-state index is 12.4.